The lowest BCUT2D eigenvalue weighted by Crippen LogP contribution is -2.47. The second-order valence-electron chi connectivity index (χ2n) is 11.8. The molecule has 0 heterocycles. The maximum atomic E-state index is 13.6. The van der Waals surface area contributed by atoms with E-state index in [9.17, 15) is 18.1 Å². The predicted molar refractivity (Wildman–Crippen MR) is 187 cm³/mol. The van der Waals surface area contributed by atoms with Gasteiger partial charge in [0.05, 0.1) is 18.1 Å². The van der Waals surface area contributed by atoms with E-state index < -0.39 is 29.3 Å². The molecule has 0 radical (unpaired) electrons. The molecule has 45 heavy (non-hydrogen) atoms. The summed E-state index contributed by atoms with van der Waals surface area (Å²) in [4.78, 5) is -0.00480. The van der Waals surface area contributed by atoms with Gasteiger partial charge in [-0.15, -0.1) is 0 Å². The normalized spacial score (nSPS) is 12.8. The van der Waals surface area contributed by atoms with Gasteiger partial charge in [0, 0.05) is 25.2 Å². The summed E-state index contributed by atoms with van der Waals surface area (Å²) in [6.07, 6.45) is 1.71. The van der Waals surface area contributed by atoms with Crippen LogP contribution in [0.5, 0.6) is 11.5 Å². The second kappa shape index (κ2) is 20.4. The van der Waals surface area contributed by atoms with Gasteiger partial charge in [0.15, 0.2) is 11.5 Å². The fraction of sp³-hybridized carbons (Fsp3) is 0.486. The Morgan fingerprint density at radius 2 is 1.40 bits per heavy atom. The number of aryl methyl sites for hydroxylation is 1. The maximum absolute atomic E-state index is 13.6. The number of hydrogen-bond donors (Lipinski definition) is 2. The molecule has 0 saturated carbocycles. The summed E-state index contributed by atoms with van der Waals surface area (Å²) < 4.78 is 51.4. The van der Waals surface area contributed by atoms with E-state index in [1.807, 2.05) is 50.2 Å². The van der Waals surface area contributed by atoms with Crippen LogP contribution in [0.2, 0.25) is 0 Å². The van der Waals surface area contributed by atoms with Gasteiger partial charge in [0.2, 0.25) is 10.0 Å². The van der Waals surface area contributed by atoms with E-state index in [-0.39, 0.29) is 36.0 Å². The molecular formula is C35H55N2O6PS. The van der Waals surface area contributed by atoms with Crippen LogP contribution in [0.3, 0.4) is 0 Å². The molecule has 0 aliphatic carbocycles. The Bertz CT molecular complexity index is 1380. The lowest BCUT2D eigenvalue weighted by Gasteiger charge is -2.29. The van der Waals surface area contributed by atoms with Gasteiger partial charge in [-0.2, -0.15) is 4.31 Å². The molecule has 0 aliphatic heterocycles. The van der Waals surface area contributed by atoms with Crippen LogP contribution < -0.4 is 15.2 Å². The third-order valence-corrected chi connectivity index (χ3v) is 8.90. The first-order valence-electron chi connectivity index (χ1n) is 15.5. The van der Waals surface area contributed by atoms with Crippen LogP contribution in [0.1, 0.15) is 52.2 Å². The Morgan fingerprint density at radius 1 is 0.867 bits per heavy atom. The average Bonchev–Trinajstić information content (AvgIpc) is 3.00. The Labute approximate surface area is 272 Å². The Morgan fingerprint density at radius 3 is 1.84 bits per heavy atom. The molecule has 0 unspecified atom stereocenters. The number of aliphatic hydroxyl groups is 1. The summed E-state index contributed by atoms with van der Waals surface area (Å²) >= 11 is 0. The van der Waals surface area contributed by atoms with Crippen LogP contribution >= 0.6 is 7.14 Å². The molecule has 252 valence electrons. The van der Waals surface area contributed by atoms with E-state index >= 15 is 0 Å². The van der Waals surface area contributed by atoms with Crippen molar-refractivity contribution in [2.45, 2.75) is 70.9 Å². The zero-order chi connectivity index (χ0) is 34.0. The molecule has 3 aromatic carbocycles. The summed E-state index contributed by atoms with van der Waals surface area (Å²) in [6.45, 7) is 13.5. The molecule has 8 nitrogen and oxygen atoms in total. The van der Waals surface area contributed by atoms with Gasteiger partial charge >= 0.3 is 0 Å². The molecule has 0 spiro atoms. The minimum absolute atomic E-state index is 0.00480. The number of nitrogens with two attached hydrogens (primary N) is 1. The van der Waals surface area contributed by atoms with Crippen molar-refractivity contribution in [3.8, 4) is 11.5 Å². The van der Waals surface area contributed by atoms with Gasteiger partial charge in [0.1, 0.15) is 13.5 Å². The molecule has 2 atom stereocenters. The number of methoxy groups -OCH3 is 1. The largest absolute Gasteiger partial charge is 0.493 e. The number of nitrogens with zero attached hydrogens (tertiary/aromatic N) is 1. The Balaban J connectivity index is 0.000000775. The number of hydrogen-bond acceptors (Lipinski definition) is 7. The average molecular weight is 663 g/mol. The number of aliphatic hydroxyl groups excluding tert-OH is 1. The van der Waals surface area contributed by atoms with E-state index in [1.165, 1.54) is 41.6 Å². The summed E-state index contributed by atoms with van der Waals surface area (Å²) in [7, 11) is -5.04. The van der Waals surface area contributed by atoms with Crippen LogP contribution in [-0.4, -0.2) is 69.9 Å². The van der Waals surface area contributed by atoms with Gasteiger partial charge in [0.25, 0.3) is 0 Å². The fourth-order valence-electron chi connectivity index (χ4n) is 4.06. The number of benzene rings is 3. The fourth-order valence-corrected chi connectivity index (χ4v) is 6.15. The van der Waals surface area contributed by atoms with Crippen LogP contribution in [0.15, 0.2) is 83.8 Å². The summed E-state index contributed by atoms with van der Waals surface area (Å²) in [5.41, 5.74) is 8.59. The first kappa shape index (κ1) is 40.3. The third kappa shape index (κ3) is 15.4. The number of sulfonamides is 1. The maximum Gasteiger partial charge on any atom is 0.243 e. The van der Waals surface area contributed by atoms with Crippen molar-refractivity contribution < 1.29 is 27.6 Å². The quantitative estimate of drug-likeness (QED) is 0.180. The lowest BCUT2D eigenvalue weighted by molar-refractivity contribution is 0.116. The van der Waals surface area contributed by atoms with Crippen molar-refractivity contribution in [3.63, 3.8) is 0 Å². The van der Waals surface area contributed by atoms with Crippen molar-refractivity contribution in [2.24, 2.45) is 11.7 Å². The van der Waals surface area contributed by atoms with E-state index in [4.69, 9.17) is 15.2 Å². The standard InChI is InChI=1S/C24H37N2O6PS.C8H10.C3H8/c1-18(2)15-26(16-22(27)21(25)13-19-9-7-6-8-10-19)34(29,30)20-11-12-23(31-3)24(14-20)32-17-33(4,5)28;1-2-8-6-4-3-5-7-8;1-3-2/h6-12,14,18,21-22,27H,13,15-17,25H2,1-5H3;3-7H,2H2,1H3;3H2,1-2H3/t21-,22+;;/m0../s1. The molecule has 0 saturated heterocycles. The van der Waals surface area contributed by atoms with E-state index in [0.717, 1.165) is 12.0 Å². The number of rotatable bonds is 14. The topological polar surface area (TPSA) is 119 Å². The van der Waals surface area contributed by atoms with E-state index in [2.05, 4.69) is 45.0 Å². The highest BCUT2D eigenvalue weighted by molar-refractivity contribution is 7.89. The van der Waals surface area contributed by atoms with Crippen LogP contribution in [0.4, 0.5) is 0 Å². The summed E-state index contributed by atoms with van der Waals surface area (Å²) in [5.74, 6) is 0.554. The van der Waals surface area contributed by atoms with Crippen LogP contribution in [0.25, 0.3) is 0 Å². The highest BCUT2D eigenvalue weighted by Gasteiger charge is 2.30. The molecule has 0 fully saturated rings. The molecule has 0 amide bonds. The molecular weight excluding hydrogens is 607 g/mol. The molecule has 0 aliphatic rings. The number of ether oxygens (including phenoxy) is 2. The van der Waals surface area contributed by atoms with Crippen LogP contribution in [-0.2, 0) is 27.4 Å². The summed E-state index contributed by atoms with van der Waals surface area (Å²) in [6, 6.07) is 23.6. The molecule has 0 aromatic heterocycles. The van der Waals surface area contributed by atoms with Crippen molar-refractivity contribution in [1.82, 2.24) is 4.31 Å². The monoisotopic (exact) mass is 662 g/mol. The summed E-state index contributed by atoms with van der Waals surface area (Å²) in [5, 5.41) is 10.8. The van der Waals surface area contributed by atoms with Gasteiger partial charge in [-0.05, 0) is 55.3 Å². The van der Waals surface area contributed by atoms with Gasteiger partial charge in [-0.25, -0.2) is 8.42 Å². The molecule has 3 rings (SSSR count). The zero-order valence-electron chi connectivity index (χ0n) is 28.3. The van der Waals surface area contributed by atoms with Gasteiger partial charge in [-0.3, -0.25) is 0 Å². The molecule has 10 heteroatoms. The third-order valence-electron chi connectivity index (χ3n) is 6.32. The van der Waals surface area contributed by atoms with Gasteiger partial charge in [-0.1, -0.05) is 102 Å². The second-order valence-corrected chi connectivity index (χ2v) is 17.2. The first-order valence-corrected chi connectivity index (χ1v) is 19.8. The molecule has 3 aromatic rings. The van der Waals surface area contributed by atoms with Gasteiger partial charge < -0.3 is 24.9 Å². The Kier molecular flexibility index (Phi) is 18.3. The smallest absolute Gasteiger partial charge is 0.243 e. The predicted octanol–water partition coefficient (Wildman–Crippen LogP) is 6.90. The first-order chi connectivity index (χ1) is 21.2. The highest BCUT2D eigenvalue weighted by atomic mass is 32.2. The van der Waals surface area contributed by atoms with E-state index in [1.54, 1.807) is 13.3 Å². The SMILES string of the molecule is CCC.CCc1ccccc1.COc1ccc(S(=O)(=O)N(CC(C)C)C[C@@H](O)[C@@H](N)Cc2ccccc2)cc1OCP(C)(C)=O. The lowest BCUT2D eigenvalue weighted by atomic mass is 10.0. The molecule has 3 N–H and O–H groups in total. The van der Waals surface area contributed by atoms with Crippen molar-refractivity contribution in [2.75, 3.05) is 39.9 Å². The van der Waals surface area contributed by atoms with E-state index in [0.29, 0.717) is 12.2 Å². The Hall–Kier alpha value is -2.68. The zero-order valence-corrected chi connectivity index (χ0v) is 30.1. The minimum atomic E-state index is -3.99. The van der Waals surface area contributed by atoms with Crippen LogP contribution in [0, 0.1) is 5.92 Å². The van der Waals surface area contributed by atoms with Crippen molar-refractivity contribution >= 4 is 17.2 Å². The minimum Gasteiger partial charge on any atom is -0.493 e. The molecule has 0 bridgehead atoms. The van der Waals surface area contributed by atoms with Crippen molar-refractivity contribution in [3.05, 3.63) is 90.0 Å². The van der Waals surface area contributed by atoms with Crippen molar-refractivity contribution in [1.29, 1.82) is 0 Å². The highest BCUT2D eigenvalue weighted by Crippen LogP contribution is 2.39.